The summed E-state index contributed by atoms with van der Waals surface area (Å²) in [6, 6.07) is 2.11. The van der Waals surface area contributed by atoms with Crippen LogP contribution in [0.3, 0.4) is 0 Å². The number of hydrogen-bond donors (Lipinski definition) is 1. The van der Waals surface area contributed by atoms with E-state index < -0.39 is 0 Å². The molecule has 0 aromatic carbocycles. The van der Waals surface area contributed by atoms with Crippen LogP contribution in [0, 0.1) is 0 Å². The zero-order valence-electron chi connectivity index (χ0n) is 11.3. The van der Waals surface area contributed by atoms with Crippen molar-refractivity contribution in [2.75, 3.05) is 27.2 Å². The van der Waals surface area contributed by atoms with Crippen LogP contribution in [0.15, 0.2) is 6.07 Å². The summed E-state index contributed by atoms with van der Waals surface area (Å²) in [5, 5.41) is 3.40. The Kier molecular flexibility index (Phi) is 4.92. The number of nitrogens with one attached hydrogen (secondary N) is 1. The van der Waals surface area contributed by atoms with Crippen LogP contribution in [-0.4, -0.2) is 37.9 Å². The highest BCUT2D eigenvalue weighted by molar-refractivity contribution is 7.14. The van der Waals surface area contributed by atoms with Crippen LogP contribution < -0.4 is 5.32 Å². The number of carbonyl (C=O) groups is 1. The van der Waals surface area contributed by atoms with Crippen LogP contribution in [0.1, 0.15) is 39.4 Å². The molecule has 0 saturated carbocycles. The zero-order valence-corrected chi connectivity index (χ0v) is 12.1. The van der Waals surface area contributed by atoms with Gasteiger partial charge in [-0.2, -0.15) is 0 Å². The summed E-state index contributed by atoms with van der Waals surface area (Å²) in [5.41, 5.74) is 1.34. The van der Waals surface area contributed by atoms with Gasteiger partial charge in [-0.3, -0.25) is 4.79 Å². The molecule has 2 rings (SSSR count). The molecule has 1 aromatic rings. The van der Waals surface area contributed by atoms with Gasteiger partial charge in [0.2, 0.25) is 0 Å². The summed E-state index contributed by atoms with van der Waals surface area (Å²) in [6.07, 6.45) is 3.93. The van der Waals surface area contributed by atoms with Crippen LogP contribution in [0.4, 0.5) is 0 Å². The molecule has 1 aliphatic rings. The quantitative estimate of drug-likeness (QED) is 0.830. The molecular weight excluding hydrogens is 244 g/mol. The minimum atomic E-state index is 0.315. The first-order valence-electron chi connectivity index (χ1n) is 6.67. The largest absolute Gasteiger partial charge is 0.313 e. The van der Waals surface area contributed by atoms with Gasteiger partial charge in [0.15, 0.2) is 5.78 Å². The summed E-state index contributed by atoms with van der Waals surface area (Å²) >= 11 is 1.71. The number of fused-ring (bicyclic) bond motifs is 1. The van der Waals surface area contributed by atoms with Crippen LogP contribution in [0.2, 0.25) is 0 Å². The van der Waals surface area contributed by atoms with Crippen LogP contribution in [0.25, 0.3) is 0 Å². The molecule has 0 bridgehead atoms. The average Bonchev–Trinajstić information content (AvgIpc) is 2.60. The number of hydrogen-bond acceptors (Lipinski definition) is 4. The highest BCUT2D eigenvalue weighted by Gasteiger charge is 2.15. The van der Waals surface area contributed by atoms with E-state index in [4.69, 9.17) is 0 Å². The smallest absolute Gasteiger partial charge is 0.172 e. The highest BCUT2D eigenvalue weighted by Crippen LogP contribution is 2.26. The van der Waals surface area contributed by atoms with Crippen molar-refractivity contribution in [3.8, 4) is 0 Å². The first-order chi connectivity index (χ1) is 8.66. The maximum absolute atomic E-state index is 12.1. The molecule has 0 unspecified atom stereocenters. The predicted molar refractivity (Wildman–Crippen MR) is 76.5 cm³/mol. The van der Waals surface area contributed by atoms with Crippen molar-refractivity contribution in [1.82, 2.24) is 10.2 Å². The van der Waals surface area contributed by atoms with E-state index in [9.17, 15) is 4.79 Å². The molecule has 1 N–H and O–H groups in total. The summed E-state index contributed by atoms with van der Waals surface area (Å²) in [5.74, 6) is 0.315. The van der Waals surface area contributed by atoms with Gasteiger partial charge in [0.25, 0.3) is 0 Å². The van der Waals surface area contributed by atoms with Crippen LogP contribution >= 0.6 is 11.3 Å². The normalized spacial score (nSPS) is 15.5. The number of aryl methyl sites for hydroxylation is 1. The number of carbonyl (C=O) groups excluding carboxylic acids is 1. The zero-order chi connectivity index (χ0) is 13.0. The van der Waals surface area contributed by atoms with Gasteiger partial charge in [-0.05, 0) is 58.1 Å². The Morgan fingerprint density at radius 2 is 2.33 bits per heavy atom. The number of thiophene rings is 1. The fourth-order valence-corrected chi connectivity index (χ4v) is 3.43. The first kappa shape index (κ1) is 13.7. The molecule has 1 aliphatic heterocycles. The number of rotatable bonds is 5. The van der Waals surface area contributed by atoms with E-state index >= 15 is 0 Å². The van der Waals surface area contributed by atoms with Crippen LogP contribution in [0.5, 0.6) is 0 Å². The molecule has 100 valence electrons. The molecule has 18 heavy (non-hydrogen) atoms. The Labute approximate surface area is 113 Å². The number of Topliss-reactive ketones (excluding diaryl/α,β-unsaturated/α-hetero) is 1. The summed E-state index contributed by atoms with van der Waals surface area (Å²) in [7, 11) is 4.09. The summed E-state index contributed by atoms with van der Waals surface area (Å²) < 4.78 is 0. The van der Waals surface area contributed by atoms with Crippen LogP contribution in [-0.2, 0) is 13.0 Å². The second-order valence-electron chi connectivity index (χ2n) is 5.17. The Balaban J connectivity index is 1.94. The van der Waals surface area contributed by atoms with Gasteiger partial charge >= 0.3 is 0 Å². The third-order valence-electron chi connectivity index (χ3n) is 3.25. The fourth-order valence-electron chi connectivity index (χ4n) is 2.24. The monoisotopic (exact) mass is 266 g/mol. The van der Waals surface area contributed by atoms with Crippen molar-refractivity contribution in [2.24, 2.45) is 0 Å². The lowest BCUT2D eigenvalue weighted by Gasteiger charge is -2.07. The van der Waals surface area contributed by atoms with Crippen molar-refractivity contribution in [2.45, 2.75) is 32.2 Å². The third kappa shape index (κ3) is 3.64. The SMILES string of the molecule is CN(C)CCCC(=O)c1cc2c(s1)CCCNC2. The van der Waals surface area contributed by atoms with Gasteiger partial charge in [-0.15, -0.1) is 11.3 Å². The Hall–Kier alpha value is -0.710. The minimum absolute atomic E-state index is 0.315. The van der Waals surface area contributed by atoms with Gasteiger partial charge in [-0.1, -0.05) is 0 Å². The molecule has 3 nitrogen and oxygen atoms in total. The first-order valence-corrected chi connectivity index (χ1v) is 7.48. The molecule has 2 heterocycles. The average molecular weight is 266 g/mol. The van der Waals surface area contributed by atoms with Gasteiger partial charge in [-0.25, -0.2) is 0 Å². The van der Waals surface area contributed by atoms with Crippen molar-refractivity contribution in [3.63, 3.8) is 0 Å². The Morgan fingerprint density at radius 1 is 1.50 bits per heavy atom. The highest BCUT2D eigenvalue weighted by atomic mass is 32.1. The van der Waals surface area contributed by atoms with Crippen molar-refractivity contribution in [1.29, 1.82) is 0 Å². The number of nitrogens with zero attached hydrogens (tertiary/aromatic N) is 1. The second kappa shape index (κ2) is 6.45. The molecule has 0 atom stereocenters. The third-order valence-corrected chi connectivity index (χ3v) is 4.53. The van der Waals surface area contributed by atoms with Crippen molar-refractivity contribution >= 4 is 17.1 Å². The summed E-state index contributed by atoms with van der Waals surface area (Å²) in [6.45, 7) is 3.00. The maximum atomic E-state index is 12.1. The lowest BCUT2D eigenvalue weighted by atomic mass is 10.1. The summed E-state index contributed by atoms with van der Waals surface area (Å²) in [4.78, 5) is 16.6. The van der Waals surface area contributed by atoms with Gasteiger partial charge in [0.1, 0.15) is 0 Å². The Morgan fingerprint density at radius 3 is 3.11 bits per heavy atom. The molecular formula is C14H22N2OS. The van der Waals surface area contributed by atoms with Gasteiger partial charge in [0, 0.05) is 17.8 Å². The standard InChI is InChI=1S/C14H22N2OS/c1-16(2)8-4-5-12(17)14-9-11-10-15-7-3-6-13(11)18-14/h9,15H,3-8,10H2,1-2H3. The van der Waals surface area contributed by atoms with Crippen molar-refractivity contribution in [3.05, 3.63) is 21.4 Å². The van der Waals surface area contributed by atoms with E-state index in [1.807, 2.05) is 14.1 Å². The minimum Gasteiger partial charge on any atom is -0.313 e. The lowest BCUT2D eigenvalue weighted by Crippen LogP contribution is -2.14. The molecule has 0 aliphatic carbocycles. The van der Waals surface area contributed by atoms with Gasteiger partial charge in [0.05, 0.1) is 4.88 Å². The van der Waals surface area contributed by atoms with E-state index in [-0.39, 0.29) is 0 Å². The maximum Gasteiger partial charge on any atom is 0.172 e. The molecule has 0 fully saturated rings. The molecule has 0 radical (unpaired) electrons. The van der Waals surface area contributed by atoms with E-state index in [2.05, 4.69) is 16.3 Å². The Bertz CT molecular complexity index is 388. The molecule has 1 aromatic heterocycles. The van der Waals surface area contributed by atoms with E-state index in [1.54, 1.807) is 11.3 Å². The lowest BCUT2D eigenvalue weighted by molar-refractivity contribution is 0.0981. The predicted octanol–water partition coefficient (Wildman–Crippen LogP) is 2.31. The molecule has 0 amide bonds. The molecule has 0 spiro atoms. The second-order valence-corrected chi connectivity index (χ2v) is 6.31. The number of ketones is 1. The van der Waals surface area contributed by atoms with E-state index in [0.717, 1.165) is 37.4 Å². The molecule has 0 saturated heterocycles. The fraction of sp³-hybridized carbons (Fsp3) is 0.643. The van der Waals surface area contributed by atoms with Gasteiger partial charge < -0.3 is 10.2 Å². The topological polar surface area (TPSA) is 32.3 Å². The molecule has 4 heteroatoms. The van der Waals surface area contributed by atoms with Crippen molar-refractivity contribution < 1.29 is 4.79 Å². The van der Waals surface area contributed by atoms with E-state index in [0.29, 0.717) is 12.2 Å². The van der Waals surface area contributed by atoms with E-state index in [1.165, 1.54) is 16.9 Å².